The van der Waals surface area contributed by atoms with Crippen LogP contribution < -0.4 is 0 Å². The van der Waals surface area contributed by atoms with Gasteiger partial charge in [0.1, 0.15) is 0 Å². The van der Waals surface area contributed by atoms with Gasteiger partial charge < -0.3 is 4.90 Å². The molecule has 1 aromatic heterocycles. The fraction of sp³-hybridized carbons (Fsp3) is 0.692. The van der Waals surface area contributed by atoms with Gasteiger partial charge in [0, 0.05) is 37.1 Å². The summed E-state index contributed by atoms with van der Waals surface area (Å²) in [6.45, 7) is 4.96. The SMILES string of the molecule is CN1CCN(C2CCCc3sccc32)CC1.Cl.Cl. The minimum atomic E-state index is 0. The zero-order valence-electron chi connectivity index (χ0n) is 10.8. The molecule has 2 nitrogen and oxygen atoms in total. The monoisotopic (exact) mass is 308 g/mol. The molecule has 104 valence electrons. The largest absolute Gasteiger partial charge is 0.304 e. The number of fused-ring (bicyclic) bond motifs is 1. The van der Waals surface area contributed by atoms with Crippen molar-refractivity contribution < 1.29 is 0 Å². The van der Waals surface area contributed by atoms with Gasteiger partial charge in [-0.2, -0.15) is 0 Å². The van der Waals surface area contributed by atoms with E-state index in [-0.39, 0.29) is 24.8 Å². The van der Waals surface area contributed by atoms with E-state index >= 15 is 0 Å². The Morgan fingerprint density at radius 2 is 1.89 bits per heavy atom. The summed E-state index contributed by atoms with van der Waals surface area (Å²) in [7, 11) is 2.23. The minimum absolute atomic E-state index is 0. The van der Waals surface area contributed by atoms with E-state index in [9.17, 15) is 0 Å². The first-order valence-corrected chi connectivity index (χ1v) is 7.21. The van der Waals surface area contributed by atoms with E-state index in [0.29, 0.717) is 0 Å². The van der Waals surface area contributed by atoms with Gasteiger partial charge in [-0.05, 0) is 43.3 Å². The van der Waals surface area contributed by atoms with Crippen molar-refractivity contribution in [3.05, 3.63) is 21.9 Å². The molecule has 2 heterocycles. The van der Waals surface area contributed by atoms with Gasteiger partial charge in [-0.1, -0.05) is 0 Å². The lowest BCUT2D eigenvalue weighted by molar-refractivity contribution is 0.103. The normalized spacial score (nSPS) is 24.8. The molecule has 1 aliphatic heterocycles. The fourth-order valence-electron chi connectivity index (χ4n) is 2.97. The summed E-state index contributed by atoms with van der Waals surface area (Å²) in [5.41, 5.74) is 1.64. The second-order valence-corrected chi connectivity index (χ2v) is 6.05. The summed E-state index contributed by atoms with van der Waals surface area (Å²) >= 11 is 1.96. The Hall–Kier alpha value is 0.200. The van der Waals surface area contributed by atoms with Crippen molar-refractivity contribution in [3.8, 4) is 0 Å². The molecule has 1 atom stereocenters. The number of hydrogen-bond donors (Lipinski definition) is 0. The topological polar surface area (TPSA) is 6.48 Å². The average Bonchev–Trinajstić information content (AvgIpc) is 2.78. The lowest BCUT2D eigenvalue weighted by Crippen LogP contribution is -2.46. The molecule has 1 aliphatic carbocycles. The molecule has 1 unspecified atom stereocenters. The summed E-state index contributed by atoms with van der Waals surface area (Å²) in [5.74, 6) is 0. The van der Waals surface area contributed by atoms with E-state index in [1.165, 1.54) is 45.4 Å². The maximum Gasteiger partial charge on any atom is 0.0360 e. The molecule has 1 saturated heterocycles. The van der Waals surface area contributed by atoms with Gasteiger partial charge in [0.2, 0.25) is 0 Å². The molecule has 0 N–H and O–H groups in total. The van der Waals surface area contributed by atoms with E-state index in [0.717, 1.165) is 6.04 Å². The fourth-order valence-corrected chi connectivity index (χ4v) is 3.96. The van der Waals surface area contributed by atoms with Crippen LogP contribution in [0.5, 0.6) is 0 Å². The highest BCUT2D eigenvalue weighted by Crippen LogP contribution is 2.37. The van der Waals surface area contributed by atoms with Crippen molar-refractivity contribution in [2.75, 3.05) is 33.2 Å². The Kier molecular flexibility index (Phi) is 6.42. The van der Waals surface area contributed by atoms with E-state index < -0.39 is 0 Å². The Labute approximate surface area is 126 Å². The molecule has 0 bridgehead atoms. The first-order chi connectivity index (χ1) is 7.84. The zero-order valence-corrected chi connectivity index (χ0v) is 13.3. The number of rotatable bonds is 1. The van der Waals surface area contributed by atoms with Crippen LogP contribution in [0.3, 0.4) is 0 Å². The number of likely N-dealkylation sites (N-methyl/N-ethyl adjacent to an activating group) is 1. The van der Waals surface area contributed by atoms with Crippen LogP contribution in [0.15, 0.2) is 11.4 Å². The average molecular weight is 309 g/mol. The minimum Gasteiger partial charge on any atom is -0.304 e. The highest BCUT2D eigenvalue weighted by molar-refractivity contribution is 7.10. The summed E-state index contributed by atoms with van der Waals surface area (Å²) in [5, 5.41) is 2.28. The summed E-state index contributed by atoms with van der Waals surface area (Å²) < 4.78 is 0. The smallest absolute Gasteiger partial charge is 0.0360 e. The van der Waals surface area contributed by atoms with Crippen LogP contribution >= 0.6 is 36.2 Å². The maximum absolute atomic E-state index is 2.70. The maximum atomic E-state index is 2.70. The number of hydrogen-bond acceptors (Lipinski definition) is 3. The van der Waals surface area contributed by atoms with E-state index in [2.05, 4.69) is 28.3 Å². The number of nitrogens with zero attached hydrogens (tertiary/aromatic N) is 2. The van der Waals surface area contributed by atoms with Gasteiger partial charge in [0.05, 0.1) is 0 Å². The van der Waals surface area contributed by atoms with Crippen molar-refractivity contribution in [3.63, 3.8) is 0 Å². The van der Waals surface area contributed by atoms with E-state index in [4.69, 9.17) is 0 Å². The van der Waals surface area contributed by atoms with Crippen LogP contribution in [0.25, 0.3) is 0 Å². The summed E-state index contributed by atoms with van der Waals surface area (Å²) in [6, 6.07) is 3.09. The molecule has 0 spiro atoms. The van der Waals surface area contributed by atoms with Crippen molar-refractivity contribution in [1.82, 2.24) is 9.80 Å². The number of thiophene rings is 1. The summed E-state index contributed by atoms with van der Waals surface area (Å²) in [4.78, 5) is 6.79. The van der Waals surface area contributed by atoms with E-state index in [1.54, 1.807) is 10.4 Å². The predicted octanol–water partition coefficient (Wildman–Crippen LogP) is 3.22. The second kappa shape index (κ2) is 7.11. The Morgan fingerprint density at radius 1 is 1.17 bits per heavy atom. The molecule has 5 heteroatoms. The van der Waals surface area contributed by atoms with Gasteiger partial charge in [-0.25, -0.2) is 0 Å². The van der Waals surface area contributed by atoms with Crippen LogP contribution in [0.2, 0.25) is 0 Å². The number of halogens is 2. The standard InChI is InChI=1S/C13H20N2S.2ClH/c1-14-6-8-15(9-7-14)12-3-2-4-13-11(12)5-10-16-13;;/h5,10,12H,2-4,6-9H2,1H3;2*1H. The Balaban J connectivity index is 0.000000810. The van der Waals surface area contributed by atoms with Crippen LogP contribution in [-0.4, -0.2) is 43.0 Å². The molecule has 0 saturated carbocycles. The Morgan fingerprint density at radius 3 is 2.61 bits per heavy atom. The molecule has 1 fully saturated rings. The van der Waals surface area contributed by atoms with Gasteiger partial charge in [-0.3, -0.25) is 4.90 Å². The first kappa shape index (κ1) is 16.3. The predicted molar refractivity (Wildman–Crippen MR) is 83.6 cm³/mol. The lowest BCUT2D eigenvalue weighted by Gasteiger charge is -2.39. The van der Waals surface area contributed by atoms with Crippen LogP contribution in [0.4, 0.5) is 0 Å². The van der Waals surface area contributed by atoms with Crippen molar-refractivity contribution >= 4 is 36.2 Å². The molecule has 0 aromatic carbocycles. The first-order valence-electron chi connectivity index (χ1n) is 6.33. The quantitative estimate of drug-likeness (QED) is 0.786. The molecular formula is C13H22Cl2N2S. The van der Waals surface area contributed by atoms with Crippen LogP contribution in [0.1, 0.15) is 29.3 Å². The third-order valence-electron chi connectivity index (χ3n) is 4.00. The molecule has 2 aliphatic rings. The number of piperazine rings is 1. The van der Waals surface area contributed by atoms with Gasteiger partial charge in [-0.15, -0.1) is 36.2 Å². The highest BCUT2D eigenvalue weighted by atomic mass is 35.5. The van der Waals surface area contributed by atoms with Gasteiger partial charge in [0.25, 0.3) is 0 Å². The van der Waals surface area contributed by atoms with Crippen LogP contribution in [0, 0.1) is 0 Å². The lowest BCUT2D eigenvalue weighted by atomic mass is 9.92. The van der Waals surface area contributed by atoms with Crippen molar-refractivity contribution in [2.24, 2.45) is 0 Å². The molecule has 0 radical (unpaired) electrons. The molecule has 1 aromatic rings. The zero-order chi connectivity index (χ0) is 11.0. The molecule has 0 amide bonds. The molecule has 18 heavy (non-hydrogen) atoms. The summed E-state index contributed by atoms with van der Waals surface area (Å²) in [6.07, 6.45) is 4.06. The van der Waals surface area contributed by atoms with Crippen LogP contribution in [-0.2, 0) is 6.42 Å². The third kappa shape index (κ3) is 3.20. The van der Waals surface area contributed by atoms with E-state index in [1.807, 2.05) is 11.3 Å². The highest BCUT2D eigenvalue weighted by Gasteiger charge is 2.28. The van der Waals surface area contributed by atoms with Gasteiger partial charge >= 0.3 is 0 Å². The third-order valence-corrected chi connectivity index (χ3v) is 5.00. The molecule has 3 rings (SSSR count). The Bertz CT molecular complexity index is 362. The van der Waals surface area contributed by atoms with Crippen molar-refractivity contribution in [1.29, 1.82) is 0 Å². The number of aryl methyl sites for hydroxylation is 1. The van der Waals surface area contributed by atoms with Gasteiger partial charge in [0.15, 0.2) is 0 Å². The second-order valence-electron chi connectivity index (χ2n) is 5.05. The van der Waals surface area contributed by atoms with Crippen molar-refractivity contribution in [2.45, 2.75) is 25.3 Å². The molecular weight excluding hydrogens is 287 g/mol.